The van der Waals surface area contributed by atoms with Crippen LogP contribution in [0.5, 0.6) is 5.75 Å². The van der Waals surface area contributed by atoms with Gasteiger partial charge in [0.05, 0.1) is 20.6 Å². The summed E-state index contributed by atoms with van der Waals surface area (Å²) in [6.45, 7) is 0. The van der Waals surface area contributed by atoms with E-state index < -0.39 is 32.2 Å². The highest BCUT2D eigenvalue weighted by molar-refractivity contribution is 7.94. The number of benzene rings is 3. The van der Waals surface area contributed by atoms with E-state index in [4.69, 9.17) is 11.6 Å². The number of ether oxygens (including phenoxy) is 1. The summed E-state index contributed by atoms with van der Waals surface area (Å²) in [7, 11) is -8.50. The van der Waals surface area contributed by atoms with Crippen molar-refractivity contribution in [3.05, 3.63) is 89.3 Å². The number of hydrogen-bond acceptors (Lipinski definition) is 7. The third-order valence-electron chi connectivity index (χ3n) is 5.40. The Balaban J connectivity index is 1.52. The van der Waals surface area contributed by atoms with Gasteiger partial charge in [-0.1, -0.05) is 35.9 Å². The van der Waals surface area contributed by atoms with E-state index in [2.05, 4.69) is 14.2 Å². The minimum atomic E-state index is -4.94. The quantitative estimate of drug-likeness (QED) is 0.180. The van der Waals surface area contributed by atoms with Gasteiger partial charge in [0.1, 0.15) is 9.96 Å². The minimum absolute atomic E-state index is 0.0694. The first kappa shape index (κ1) is 28.2. The number of rotatable bonds is 8. The molecule has 3 aromatic carbocycles. The first-order chi connectivity index (χ1) is 18.8. The van der Waals surface area contributed by atoms with Crippen LogP contribution in [0.3, 0.4) is 0 Å². The van der Waals surface area contributed by atoms with Crippen molar-refractivity contribution >= 4 is 75.8 Å². The van der Waals surface area contributed by atoms with Crippen molar-refractivity contribution < 1.29 is 34.7 Å². The van der Waals surface area contributed by atoms with Crippen LogP contribution in [0, 0.1) is 0 Å². The van der Waals surface area contributed by atoms with Crippen molar-refractivity contribution in [2.75, 3.05) is 9.44 Å². The van der Waals surface area contributed by atoms with E-state index in [1.807, 2.05) is 30.3 Å². The number of nitrogens with one attached hydrogen (secondary N) is 2. The second-order valence-electron chi connectivity index (χ2n) is 8.20. The van der Waals surface area contributed by atoms with Gasteiger partial charge in [0, 0.05) is 9.58 Å². The SMILES string of the molecule is O=S(=O)(Nc1ccc(-c2cc3ccccc3s2)cc1NS(=O)(=O)c1ccc(Cl)s1)c1ccc(OC(F)(F)F)cc1. The molecule has 15 heteroatoms. The van der Waals surface area contributed by atoms with E-state index in [1.54, 1.807) is 6.07 Å². The number of thiophene rings is 2. The molecule has 0 radical (unpaired) electrons. The molecule has 0 aliphatic rings. The lowest BCUT2D eigenvalue weighted by Crippen LogP contribution is -2.18. The maximum atomic E-state index is 13.1. The Labute approximate surface area is 239 Å². The minimum Gasteiger partial charge on any atom is -0.406 e. The fraction of sp³-hybridized carbons (Fsp3) is 0.0400. The van der Waals surface area contributed by atoms with Gasteiger partial charge in [0.2, 0.25) is 0 Å². The molecule has 0 aliphatic carbocycles. The second-order valence-corrected chi connectivity index (χ2v) is 14.6. The number of hydrogen-bond donors (Lipinski definition) is 2. The van der Waals surface area contributed by atoms with Crippen LogP contribution in [-0.4, -0.2) is 23.2 Å². The van der Waals surface area contributed by atoms with Gasteiger partial charge in [-0.25, -0.2) is 16.8 Å². The zero-order chi connectivity index (χ0) is 28.7. The van der Waals surface area contributed by atoms with Crippen molar-refractivity contribution in [3.8, 4) is 16.2 Å². The van der Waals surface area contributed by atoms with Gasteiger partial charge in [-0.3, -0.25) is 9.44 Å². The molecule has 0 aliphatic heterocycles. The molecule has 7 nitrogen and oxygen atoms in total. The van der Waals surface area contributed by atoms with Crippen LogP contribution in [-0.2, 0) is 20.0 Å². The van der Waals surface area contributed by atoms with E-state index in [0.29, 0.717) is 5.56 Å². The molecule has 0 unspecified atom stereocenters. The predicted octanol–water partition coefficient (Wildman–Crippen LogP) is 7.78. The Kier molecular flexibility index (Phi) is 7.48. The molecular weight excluding hydrogens is 629 g/mol. The molecule has 2 N–H and O–H groups in total. The Bertz CT molecular complexity index is 1890. The van der Waals surface area contributed by atoms with Crippen LogP contribution >= 0.6 is 34.3 Å². The van der Waals surface area contributed by atoms with E-state index in [9.17, 15) is 30.0 Å². The van der Waals surface area contributed by atoms with E-state index >= 15 is 0 Å². The Morgan fingerprint density at radius 2 is 1.45 bits per heavy atom. The lowest BCUT2D eigenvalue weighted by atomic mass is 10.1. The number of fused-ring (bicyclic) bond motifs is 1. The molecule has 5 rings (SSSR count). The standard InChI is InChI=1S/C25H16ClF3N2O5S4/c26-23-11-12-24(38-23)40(34,35)31-20-13-16(22-14-15-3-1-2-4-21(15)37-22)5-10-19(20)30-39(32,33)18-8-6-17(7-9-18)36-25(27,28)29/h1-14,30-31H. The van der Waals surface area contributed by atoms with Gasteiger partial charge in [-0.15, -0.1) is 35.8 Å². The number of anilines is 2. The molecule has 208 valence electrons. The van der Waals surface area contributed by atoms with Crippen LogP contribution in [0.15, 0.2) is 94.0 Å². The fourth-order valence-electron chi connectivity index (χ4n) is 3.66. The summed E-state index contributed by atoms with van der Waals surface area (Å²) in [4.78, 5) is 0.449. The van der Waals surface area contributed by atoms with Gasteiger partial charge >= 0.3 is 6.36 Å². The highest BCUT2D eigenvalue weighted by Crippen LogP contribution is 2.38. The van der Waals surface area contributed by atoms with Crippen molar-refractivity contribution in [2.24, 2.45) is 0 Å². The van der Waals surface area contributed by atoms with Gasteiger partial charge in [-0.2, -0.15) is 0 Å². The molecule has 2 heterocycles. The average molecular weight is 645 g/mol. The third-order valence-corrected chi connectivity index (χ3v) is 11.0. The van der Waals surface area contributed by atoms with Crippen molar-refractivity contribution in [1.82, 2.24) is 0 Å². The van der Waals surface area contributed by atoms with Crippen LogP contribution < -0.4 is 14.2 Å². The molecular formula is C25H16ClF3N2O5S4. The highest BCUT2D eigenvalue weighted by Gasteiger charge is 2.31. The fourth-order valence-corrected chi connectivity index (χ4v) is 8.35. The topological polar surface area (TPSA) is 102 Å². The summed E-state index contributed by atoms with van der Waals surface area (Å²) >= 11 is 8.21. The van der Waals surface area contributed by atoms with Crippen LogP contribution in [0.1, 0.15) is 0 Å². The van der Waals surface area contributed by atoms with Gasteiger partial charge < -0.3 is 4.74 Å². The molecule has 0 saturated heterocycles. The van der Waals surface area contributed by atoms with E-state index in [1.165, 1.54) is 35.6 Å². The van der Waals surface area contributed by atoms with E-state index in [-0.39, 0.29) is 24.8 Å². The molecule has 2 aromatic heterocycles. The maximum Gasteiger partial charge on any atom is 0.573 e. The van der Waals surface area contributed by atoms with Crippen LogP contribution in [0.2, 0.25) is 4.34 Å². The largest absolute Gasteiger partial charge is 0.573 e. The molecule has 0 bridgehead atoms. The predicted molar refractivity (Wildman–Crippen MR) is 151 cm³/mol. The van der Waals surface area contributed by atoms with Crippen molar-refractivity contribution in [3.63, 3.8) is 0 Å². The van der Waals surface area contributed by atoms with E-state index in [0.717, 1.165) is 50.6 Å². The molecule has 0 atom stereocenters. The zero-order valence-electron chi connectivity index (χ0n) is 19.8. The monoisotopic (exact) mass is 644 g/mol. The first-order valence-electron chi connectivity index (χ1n) is 11.1. The summed E-state index contributed by atoms with van der Waals surface area (Å²) in [5.41, 5.74) is 0.450. The summed E-state index contributed by atoms with van der Waals surface area (Å²) in [6.07, 6.45) is -4.94. The Hall–Kier alpha value is -3.30. The van der Waals surface area contributed by atoms with Crippen molar-refractivity contribution in [1.29, 1.82) is 0 Å². The summed E-state index contributed by atoms with van der Waals surface area (Å²) in [5, 5.41) is 0.987. The molecule has 40 heavy (non-hydrogen) atoms. The van der Waals surface area contributed by atoms with Crippen LogP contribution in [0.25, 0.3) is 20.5 Å². The second kappa shape index (κ2) is 10.6. The normalized spacial score (nSPS) is 12.4. The maximum absolute atomic E-state index is 13.1. The molecule has 5 aromatic rings. The lowest BCUT2D eigenvalue weighted by molar-refractivity contribution is -0.274. The van der Waals surface area contributed by atoms with Gasteiger partial charge in [0.15, 0.2) is 0 Å². The first-order valence-corrected chi connectivity index (χ1v) is 16.1. The smallest absolute Gasteiger partial charge is 0.406 e. The summed E-state index contributed by atoms with van der Waals surface area (Å²) in [5.74, 6) is -0.595. The Morgan fingerprint density at radius 1 is 0.750 bits per heavy atom. The number of sulfonamides is 2. The lowest BCUT2D eigenvalue weighted by Gasteiger charge is -2.16. The Morgan fingerprint density at radius 3 is 2.10 bits per heavy atom. The summed E-state index contributed by atoms with van der Waals surface area (Å²) in [6, 6.07) is 20.5. The zero-order valence-corrected chi connectivity index (χ0v) is 23.8. The summed E-state index contributed by atoms with van der Waals surface area (Å²) < 4.78 is 99.5. The van der Waals surface area contributed by atoms with Gasteiger partial charge in [-0.05, 0) is 71.6 Å². The molecule has 0 saturated carbocycles. The highest BCUT2D eigenvalue weighted by atomic mass is 35.5. The third kappa shape index (κ3) is 6.36. The molecule has 0 fully saturated rings. The average Bonchev–Trinajstić information content (AvgIpc) is 3.51. The number of alkyl halides is 3. The van der Waals surface area contributed by atoms with Crippen LogP contribution in [0.4, 0.5) is 24.5 Å². The van der Waals surface area contributed by atoms with Crippen molar-refractivity contribution in [2.45, 2.75) is 15.5 Å². The van der Waals surface area contributed by atoms with Gasteiger partial charge in [0.25, 0.3) is 20.0 Å². The molecule has 0 spiro atoms. The number of halogens is 4. The molecule has 0 amide bonds.